The molecular formula is C16H18N6O. The van der Waals surface area contributed by atoms with Crippen LogP contribution in [0.15, 0.2) is 29.3 Å². The van der Waals surface area contributed by atoms with E-state index in [9.17, 15) is 4.79 Å². The second-order valence-electron chi connectivity index (χ2n) is 5.42. The number of rotatable bonds is 4. The first-order chi connectivity index (χ1) is 11.0. The zero-order valence-electron chi connectivity index (χ0n) is 13.4. The SMILES string of the molecule is Cc1nc(CCc2c(C)nc(=O)[nH]c2C)n(-c2ccncc2)n1. The molecule has 0 unspecified atom stereocenters. The second kappa shape index (κ2) is 6.12. The quantitative estimate of drug-likeness (QED) is 0.788. The number of pyridine rings is 1. The molecule has 0 bridgehead atoms. The molecule has 0 amide bonds. The molecule has 1 N–H and O–H groups in total. The summed E-state index contributed by atoms with van der Waals surface area (Å²) >= 11 is 0. The first-order valence-electron chi connectivity index (χ1n) is 7.44. The van der Waals surface area contributed by atoms with E-state index in [0.717, 1.165) is 40.7 Å². The lowest BCUT2D eigenvalue weighted by Gasteiger charge is -2.09. The predicted molar refractivity (Wildman–Crippen MR) is 85.6 cm³/mol. The standard InChI is InChI=1S/C16H18N6O/c1-10-14(11(2)19-16(23)18-10)4-5-15-20-12(3)21-22(15)13-6-8-17-9-7-13/h6-9H,4-5H2,1-3H3,(H,18,19,23). The first kappa shape index (κ1) is 15.1. The van der Waals surface area contributed by atoms with Gasteiger partial charge in [-0.1, -0.05) is 0 Å². The lowest BCUT2D eigenvalue weighted by atomic mass is 10.1. The van der Waals surface area contributed by atoms with E-state index in [1.165, 1.54) is 0 Å². The molecule has 0 aliphatic rings. The van der Waals surface area contributed by atoms with Crippen LogP contribution in [0.2, 0.25) is 0 Å². The minimum absolute atomic E-state index is 0.306. The van der Waals surface area contributed by atoms with Crippen molar-refractivity contribution >= 4 is 0 Å². The Hall–Kier alpha value is -2.83. The smallest absolute Gasteiger partial charge is 0.310 e. The van der Waals surface area contributed by atoms with Gasteiger partial charge in [0.25, 0.3) is 0 Å². The van der Waals surface area contributed by atoms with Gasteiger partial charge in [0.1, 0.15) is 11.6 Å². The van der Waals surface area contributed by atoms with Gasteiger partial charge in [0, 0.05) is 30.2 Å². The molecule has 7 heteroatoms. The van der Waals surface area contributed by atoms with Crippen molar-refractivity contribution in [2.45, 2.75) is 33.6 Å². The number of aryl methyl sites for hydroxylation is 4. The summed E-state index contributed by atoms with van der Waals surface area (Å²) in [5.41, 5.74) is 3.29. The van der Waals surface area contributed by atoms with E-state index in [1.807, 2.05) is 37.6 Å². The number of nitrogens with one attached hydrogen (secondary N) is 1. The summed E-state index contributed by atoms with van der Waals surface area (Å²) in [6.07, 6.45) is 4.91. The number of hydrogen-bond acceptors (Lipinski definition) is 5. The molecule has 0 aliphatic heterocycles. The van der Waals surface area contributed by atoms with E-state index in [-0.39, 0.29) is 5.69 Å². The predicted octanol–water partition coefficient (Wildman–Crippen LogP) is 1.46. The Morgan fingerprint density at radius 1 is 1.09 bits per heavy atom. The minimum atomic E-state index is -0.306. The maximum atomic E-state index is 11.4. The van der Waals surface area contributed by atoms with Crippen molar-refractivity contribution in [3.63, 3.8) is 0 Å². The highest BCUT2D eigenvalue weighted by molar-refractivity contribution is 5.29. The molecule has 0 atom stereocenters. The van der Waals surface area contributed by atoms with Crippen molar-refractivity contribution < 1.29 is 0 Å². The van der Waals surface area contributed by atoms with Crippen molar-refractivity contribution in [2.24, 2.45) is 0 Å². The lowest BCUT2D eigenvalue weighted by molar-refractivity contribution is 0.756. The topological polar surface area (TPSA) is 89.4 Å². The maximum Gasteiger partial charge on any atom is 0.345 e. The molecule has 0 radical (unpaired) electrons. The molecule has 0 saturated heterocycles. The van der Waals surface area contributed by atoms with Crippen molar-refractivity contribution in [1.29, 1.82) is 0 Å². The fraction of sp³-hybridized carbons (Fsp3) is 0.312. The molecule has 23 heavy (non-hydrogen) atoms. The van der Waals surface area contributed by atoms with E-state index < -0.39 is 0 Å². The highest BCUT2D eigenvalue weighted by atomic mass is 16.1. The van der Waals surface area contributed by atoms with Crippen LogP contribution in [0.25, 0.3) is 5.69 Å². The molecular weight excluding hydrogens is 292 g/mol. The molecule has 0 saturated carbocycles. The van der Waals surface area contributed by atoms with Crippen LogP contribution in [0.3, 0.4) is 0 Å². The van der Waals surface area contributed by atoms with Crippen molar-refractivity contribution in [3.05, 3.63) is 63.6 Å². The van der Waals surface area contributed by atoms with Gasteiger partial charge in [-0.15, -0.1) is 0 Å². The van der Waals surface area contributed by atoms with Crippen molar-refractivity contribution in [3.8, 4) is 5.69 Å². The first-order valence-corrected chi connectivity index (χ1v) is 7.44. The Bertz CT molecular complexity index is 855. The third kappa shape index (κ3) is 3.18. The minimum Gasteiger partial charge on any atom is -0.310 e. The molecule has 0 aromatic carbocycles. The average molecular weight is 310 g/mol. The Balaban J connectivity index is 1.89. The summed E-state index contributed by atoms with van der Waals surface area (Å²) in [4.78, 5) is 26.6. The fourth-order valence-corrected chi connectivity index (χ4v) is 2.67. The number of H-pyrrole nitrogens is 1. The zero-order chi connectivity index (χ0) is 16.4. The summed E-state index contributed by atoms with van der Waals surface area (Å²) in [6, 6.07) is 3.80. The molecule has 118 valence electrons. The van der Waals surface area contributed by atoms with Gasteiger partial charge in [-0.2, -0.15) is 10.1 Å². The van der Waals surface area contributed by atoms with Crippen LogP contribution < -0.4 is 5.69 Å². The Kier molecular flexibility index (Phi) is 4.01. The highest BCUT2D eigenvalue weighted by Crippen LogP contribution is 2.14. The van der Waals surface area contributed by atoms with E-state index in [0.29, 0.717) is 6.42 Å². The van der Waals surface area contributed by atoms with Crippen molar-refractivity contribution in [1.82, 2.24) is 29.7 Å². The van der Waals surface area contributed by atoms with Gasteiger partial charge in [-0.3, -0.25) is 4.98 Å². The number of hydrogen-bond donors (Lipinski definition) is 1. The Labute approximate surface area is 133 Å². The number of aromatic nitrogens is 6. The summed E-state index contributed by atoms with van der Waals surface area (Å²) in [7, 11) is 0. The van der Waals surface area contributed by atoms with Crippen LogP contribution in [0.4, 0.5) is 0 Å². The van der Waals surface area contributed by atoms with Crippen LogP contribution in [0.1, 0.15) is 28.6 Å². The van der Waals surface area contributed by atoms with Crippen LogP contribution in [-0.2, 0) is 12.8 Å². The third-order valence-electron chi connectivity index (χ3n) is 3.74. The van der Waals surface area contributed by atoms with E-state index in [1.54, 1.807) is 12.4 Å². The highest BCUT2D eigenvalue weighted by Gasteiger charge is 2.12. The molecule has 3 aromatic heterocycles. The molecule has 3 rings (SSSR count). The van der Waals surface area contributed by atoms with Crippen LogP contribution >= 0.6 is 0 Å². The van der Waals surface area contributed by atoms with Gasteiger partial charge in [-0.05, 0) is 44.9 Å². The third-order valence-corrected chi connectivity index (χ3v) is 3.74. The van der Waals surface area contributed by atoms with Gasteiger partial charge < -0.3 is 4.98 Å². The Morgan fingerprint density at radius 2 is 1.83 bits per heavy atom. The largest absolute Gasteiger partial charge is 0.345 e. The summed E-state index contributed by atoms with van der Waals surface area (Å²) in [5, 5.41) is 4.46. The van der Waals surface area contributed by atoms with Crippen LogP contribution in [0.5, 0.6) is 0 Å². The molecule has 7 nitrogen and oxygen atoms in total. The average Bonchev–Trinajstić information content (AvgIpc) is 2.88. The zero-order valence-corrected chi connectivity index (χ0v) is 13.4. The van der Waals surface area contributed by atoms with Crippen molar-refractivity contribution in [2.75, 3.05) is 0 Å². The number of nitrogens with zero attached hydrogens (tertiary/aromatic N) is 5. The van der Waals surface area contributed by atoms with E-state index in [2.05, 4.69) is 25.0 Å². The fourth-order valence-electron chi connectivity index (χ4n) is 2.67. The Morgan fingerprint density at radius 3 is 2.52 bits per heavy atom. The van der Waals surface area contributed by atoms with Gasteiger partial charge in [0.05, 0.1) is 5.69 Å². The van der Waals surface area contributed by atoms with Gasteiger partial charge in [0.2, 0.25) is 0 Å². The molecule has 0 spiro atoms. The normalized spacial score (nSPS) is 10.9. The number of aromatic amines is 1. The van der Waals surface area contributed by atoms with Crippen LogP contribution in [0, 0.1) is 20.8 Å². The second-order valence-corrected chi connectivity index (χ2v) is 5.42. The summed E-state index contributed by atoms with van der Waals surface area (Å²) in [5.74, 6) is 1.60. The lowest BCUT2D eigenvalue weighted by Crippen LogP contribution is -2.16. The summed E-state index contributed by atoms with van der Waals surface area (Å²) in [6.45, 7) is 5.62. The van der Waals surface area contributed by atoms with Gasteiger partial charge in [0.15, 0.2) is 0 Å². The van der Waals surface area contributed by atoms with E-state index >= 15 is 0 Å². The molecule has 3 heterocycles. The monoisotopic (exact) mass is 310 g/mol. The van der Waals surface area contributed by atoms with Gasteiger partial charge in [-0.25, -0.2) is 14.5 Å². The molecule has 0 aliphatic carbocycles. The summed E-state index contributed by atoms with van der Waals surface area (Å²) < 4.78 is 1.83. The van der Waals surface area contributed by atoms with Crippen LogP contribution in [-0.4, -0.2) is 29.7 Å². The molecule has 3 aromatic rings. The van der Waals surface area contributed by atoms with E-state index in [4.69, 9.17) is 0 Å². The maximum absolute atomic E-state index is 11.4. The van der Waals surface area contributed by atoms with Gasteiger partial charge >= 0.3 is 5.69 Å². The molecule has 0 fully saturated rings.